The van der Waals surface area contributed by atoms with Gasteiger partial charge in [0.05, 0.1) is 16.8 Å². The van der Waals surface area contributed by atoms with E-state index < -0.39 is 23.9 Å². The molecule has 1 amide bonds. The molecule has 0 aromatic carbocycles. The standard InChI is InChI=1S/C20H31BN2O4/c1-18(2,3)25-17(24)23-12-11-14(13-23)15-9-8-10-16(22-15)21-26-19(4,5)20(6,7)27-21/h8-10,14H,11-13H2,1-7H3. The molecule has 0 aliphatic carbocycles. The molecule has 1 unspecified atom stereocenters. The highest BCUT2D eigenvalue weighted by Gasteiger charge is 2.52. The molecule has 27 heavy (non-hydrogen) atoms. The van der Waals surface area contributed by atoms with Crippen LogP contribution in [0.25, 0.3) is 0 Å². The van der Waals surface area contributed by atoms with Crippen molar-refractivity contribution in [3.05, 3.63) is 23.9 Å². The monoisotopic (exact) mass is 374 g/mol. The third-order valence-electron chi connectivity index (χ3n) is 5.55. The first-order valence-corrected chi connectivity index (χ1v) is 9.68. The average Bonchev–Trinajstić information content (AvgIpc) is 3.09. The second-order valence-corrected chi connectivity index (χ2v) is 9.49. The molecule has 2 fully saturated rings. The Bertz CT molecular complexity index is 698. The molecule has 7 heteroatoms. The van der Waals surface area contributed by atoms with Crippen LogP contribution in [-0.4, -0.2) is 53.0 Å². The van der Waals surface area contributed by atoms with E-state index in [9.17, 15) is 4.79 Å². The maximum absolute atomic E-state index is 12.3. The lowest BCUT2D eigenvalue weighted by atomic mass is 9.83. The first-order valence-electron chi connectivity index (χ1n) is 9.68. The normalized spacial score (nSPS) is 24.3. The number of ether oxygens (including phenoxy) is 1. The molecule has 0 bridgehead atoms. The minimum atomic E-state index is -0.482. The molecule has 2 aliphatic heterocycles. The Morgan fingerprint density at radius 3 is 2.44 bits per heavy atom. The van der Waals surface area contributed by atoms with Crippen LogP contribution in [-0.2, 0) is 14.0 Å². The number of likely N-dealkylation sites (tertiary alicyclic amines) is 1. The molecule has 0 saturated carbocycles. The van der Waals surface area contributed by atoms with E-state index >= 15 is 0 Å². The van der Waals surface area contributed by atoms with Crippen molar-refractivity contribution in [3.8, 4) is 0 Å². The van der Waals surface area contributed by atoms with Gasteiger partial charge in [-0.15, -0.1) is 0 Å². The van der Waals surface area contributed by atoms with Crippen molar-refractivity contribution in [2.45, 2.75) is 77.6 Å². The van der Waals surface area contributed by atoms with Crippen LogP contribution >= 0.6 is 0 Å². The van der Waals surface area contributed by atoms with Crippen LogP contribution in [0.3, 0.4) is 0 Å². The number of carbonyl (C=O) groups is 1. The summed E-state index contributed by atoms with van der Waals surface area (Å²) in [6.45, 7) is 15.1. The Labute approximate surface area is 162 Å². The quantitative estimate of drug-likeness (QED) is 0.745. The summed E-state index contributed by atoms with van der Waals surface area (Å²) in [5, 5.41) is 0. The van der Waals surface area contributed by atoms with Gasteiger partial charge in [-0.25, -0.2) is 4.79 Å². The number of hydrogen-bond acceptors (Lipinski definition) is 5. The smallest absolute Gasteiger partial charge is 0.444 e. The zero-order valence-electron chi connectivity index (χ0n) is 17.5. The van der Waals surface area contributed by atoms with Crippen molar-refractivity contribution in [3.63, 3.8) is 0 Å². The van der Waals surface area contributed by atoms with E-state index in [4.69, 9.17) is 19.0 Å². The lowest BCUT2D eigenvalue weighted by molar-refractivity contribution is 0.00578. The summed E-state index contributed by atoms with van der Waals surface area (Å²) < 4.78 is 17.7. The van der Waals surface area contributed by atoms with Gasteiger partial charge in [-0.1, -0.05) is 6.07 Å². The van der Waals surface area contributed by atoms with Gasteiger partial charge in [0, 0.05) is 24.7 Å². The van der Waals surface area contributed by atoms with Gasteiger partial charge < -0.3 is 18.9 Å². The molecule has 2 aliphatic rings. The fourth-order valence-corrected chi connectivity index (χ4v) is 3.29. The molecule has 148 valence electrons. The second kappa shape index (κ2) is 6.78. The Morgan fingerprint density at radius 1 is 1.22 bits per heavy atom. The molecule has 0 radical (unpaired) electrons. The SMILES string of the molecule is CC(C)(C)OC(=O)N1CCC(c2cccc(B3OC(C)(C)C(C)(C)O3)n2)C1. The fraction of sp³-hybridized carbons (Fsp3) is 0.700. The van der Waals surface area contributed by atoms with Gasteiger partial charge in [-0.2, -0.15) is 0 Å². The number of nitrogens with zero attached hydrogens (tertiary/aromatic N) is 2. The Kier molecular flexibility index (Phi) is 5.06. The molecule has 3 rings (SSSR count). The fourth-order valence-electron chi connectivity index (χ4n) is 3.29. The summed E-state index contributed by atoms with van der Waals surface area (Å²) in [6, 6.07) is 5.93. The van der Waals surface area contributed by atoms with E-state index in [0.29, 0.717) is 13.1 Å². The van der Waals surface area contributed by atoms with E-state index in [-0.39, 0.29) is 12.0 Å². The predicted octanol–water partition coefficient (Wildman–Crippen LogP) is 3.11. The molecule has 1 aromatic rings. The third kappa shape index (κ3) is 4.30. The highest BCUT2D eigenvalue weighted by Crippen LogP contribution is 2.36. The Morgan fingerprint density at radius 2 is 1.85 bits per heavy atom. The molecular weight excluding hydrogens is 343 g/mol. The van der Waals surface area contributed by atoms with Gasteiger partial charge in [-0.3, -0.25) is 4.98 Å². The van der Waals surface area contributed by atoms with Crippen molar-refractivity contribution in [1.82, 2.24) is 9.88 Å². The third-order valence-corrected chi connectivity index (χ3v) is 5.55. The van der Waals surface area contributed by atoms with Crippen molar-refractivity contribution in [1.29, 1.82) is 0 Å². The van der Waals surface area contributed by atoms with Gasteiger partial charge in [0.2, 0.25) is 0 Å². The van der Waals surface area contributed by atoms with Crippen molar-refractivity contribution < 1.29 is 18.8 Å². The Hall–Kier alpha value is -1.60. The highest BCUT2D eigenvalue weighted by atomic mass is 16.7. The van der Waals surface area contributed by atoms with Crippen LogP contribution in [0.5, 0.6) is 0 Å². The molecule has 1 aromatic heterocycles. The van der Waals surface area contributed by atoms with E-state index in [0.717, 1.165) is 17.7 Å². The van der Waals surface area contributed by atoms with E-state index in [1.807, 2.05) is 66.7 Å². The number of pyridine rings is 1. The molecule has 6 nitrogen and oxygen atoms in total. The lowest BCUT2D eigenvalue weighted by Crippen LogP contribution is -2.41. The zero-order valence-corrected chi connectivity index (χ0v) is 17.5. The maximum atomic E-state index is 12.3. The summed E-state index contributed by atoms with van der Waals surface area (Å²) in [5.41, 5.74) is 0.478. The van der Waals surface area contributed by atoms with Crippen molar-refractivity contribution in [2.75, 3.05) is 13.1 Å². The van der Waals surface area contributed by atoms with Gasteiger partial charge in [0.1, 0.15) is 5.60 Å². The minimum Gasteiger partial charge on any atom is -0.444 e. The first-order chi connectivity index (χ1) is 12.4. The molecule has 0 N–H and O–H groups in total. The summed E-state index contributed by atoms with van der Waals surface area (Å²) in [6.07, 6.45) is 0.617. The van der Waals surface area contributed by atoms with Crippen molar-refractivity contribution >= 4 is 18.8 Å². The van der Waals surface area contributed by atoms with Gasteiger partial charge >= 0.3 is 13.2 Å². The summed E-state index contributed by atoms with van der Waals surface area (Å²) in [7, 11) is -0.474. The van der Waals surface area contributed by atoms with Crippen molar-refractivity contribution in [2.24, 2.45) is 0 Å². The van der Waals surface area contributed by atoms with E-state index in [1.165, 1.54) is 0 Å². The average molecular weight is 374 g/mol. The maximum Gasteiger partial charge on any atom is 0.514 e. The van der Waals surface area contributed by atoms with Crippen LogP contribution in [0.2, 0.25) is 0 Å². The van der Waals surface area contributed by atoms with Crippen LogP contribution in [0.1, 0.15) is 66.5 Å². The summed E-state index contributed by atoms with van der Waals surface area (Å²) in [5.74, 6) is 0.194. The highest BCUT2D eigenvalue weighted by molar-refractivity contribution is 6.61. The van der Waals surface area contributed by atoms with E-state index in [2.05, 4.69) is 0 Å². The lowest BCUT2D eigenvalue weighted by Gasteiger charge is -2.32. The molecule has 3 heterocycles. The predicted molar refractivity (Wildman–Crippen MR) is 105 cm³/mol. The van der Waals surface area contributed by atoms with Gasteiger partial charge in [0.15, 0.2) is 0 Å². The second-order valence-electron chi connectivity index (χ2n) is 9.49. The zero-order chi connectivity index (χ0) is 20.0. The van der Waals surface area contributed by atoms with Crippen LogP contribution in [0.15, 0.2) is 18.2 Å². The molecule has 1 atom stereocenters. The number of rotatable bonds is 2. The summed E-state index contributed by atoms with van der Waals surface area (Å²) >= 11 is 0. The number of carbonyl (C=O) groups excluding carboxylic acids is 1. The molecular formula is C20H31BN2O4. The van der Waals surface area contributed by atoms with Crippen LogP contribution < -0.4 is 5.59 Å². The van der Waals surface area contributed by atoms with Gasteiger partial charge in [0.25, 0.3) is 0 Å². The van der Waals surface area contributed by atoms with Crippen LogP contribution in [0, 0.1) is 0 Å². The first kappa shape index (κ1) is 20.1. The number of hydrogen-bond donors (Lipinski definition) is 0. The van der Waals surface area contributed by atoms with E-state index in [1.54, 1.807) is 4.90 Å². The number of aromatic nitrogens is 1. The largest absolute Gasteiger partial charge is 0.514 e. The molecule has 2 saturated heterocycles. The topological polar surface area (TPSA) is 60.9 Å². The van der Waals surface area contributed by atoms with Gasteiger partial charge in [-0.05, 0) is 67.0 Å². The summed E-state index contributed by atoms with van der Waals surface area (Å²) in [4.78, 5) is 18.9. The number of amides is 1. The molecule has 0 spiro atoms. The Balaban J connectivity index is 1.70. The van der Waals surface area contributed by atoms with Crippen LogP contribution in [0.4, 0.5) is 4.79 Å². The minimum absolute atomic E-state index is 0.194.